The largest absolute Gasteiger partial charge is 0.464 e. The summed E-state index contributed by atoms with van der Waals surface area (Å²) in [5.41, 5.74) is 0. The zero-order valence-electron chi connectivity index (χ0n) is 11.7. The van der Waals surface area contributed by atoms with Gasteiger partial charge in [-0.15, -0.1) is 10.2 Å². The van der Waals surface area contributed by atoms with Gasteiger partial charge >= 0.3 is 6.01 Å². The minimum atomic E-state index is 0.311. The van der Waals surface area contributed by atoms with Gasteiger partial charge in [0.1, 0.15) is 6.33 Å². The molecule has 108 valence electrons. The second kappa shape index (κ2) is 7.04. The molecule has 0 amide bonds. The molecule has 0 unspecified atom stereocenters. The van der Waals surface area contributed by atoms with Crippen LogP contribution in [0.3, 0.4) is 0 Å². The van der Waals surface area contributed by atoms with Crippen LogP contribution in [0.2, 0.25) is 0 Å². The third-order valence-electron chi connectivity index (χ3n) is 2.25. The Morgan fingerprint density at radius 1 is 1.30 bits per heavy atom. The monoisotopic (exact) mass is 295 g/mol. The highest BCUT2D eigenvalue weighted by Gasteiger charge is 2.11. The van der Waals surface area contributed by atoms with Crippen molar-refractivity contribution < 1.29 is 4.74 Å². The molecule has 2 rings (SSSR count). The fourth-order valence-electron chi connectivity index (χ4n) is 1.34. The second-order valence-corrected chi connectivity index (χ2v) is 4.84. The van der Waals surface area contributed by atoms with Crippen molar-refractivity contribution in [2.45, 2.75) is 30.6 Å². The summed E-state index contributed by atoms with van der Waals surface area (Å²) in [6, 6.07) is 0.311. The lowest BCUT2D eigenvalue weighted by Crippen LogP contribution is -2.08. The Hall–Kier alpha value is -1.90. The molecule has 0 aliphatic rings. The highest BCUT2D eigenvalue weighted by atomic mass is 32.2. The molecule has 0 saturated carbocycles. The third-order valence-corrected chi connectivity index (χ3v) is 3.17. The number of rotatable bonds is 7. The zero-order chi connectivity index (χ0) is 14.4. The fraction of sp³-hybridized carbons (Fsp3) is 0.545. The SMILES string of the molecule is CCCNc1nc(OCC)nc(Sc2nncn2C)n1. The van der Waals surface area contributed by atoms with E-state index in [1.165, 1.54) is 11.8 Å². The maximum Gasteiger partial charge on any atom is 0.322 e. The Morgan fingerprint density at radius 3 is 2.80 bits per heavy atom. The molecule has 0 spiro atoms. The van der Waals surface area contributed by atoms with Gasteiger partial charge in [-0.1, -0.05) is 6.92 Å². The second-order valence-electron chi connectivity index (χ2n) is 3.91. The Bertz CT molecular complexity index is 559. The molecule has 0 aliphatic heterocycles. The minimum absolute atomic E-state index is 0.311. The van der Waals surface area contributed by atoms with Crippen LogP contribution in [0.5, 0.6) is 6.01 Å². The highest BCUT2D eigenvalue weighted by Crippen LogP contribution is 2.23. The predicted octanol–water partition coefficient (Wildman–Crippen LogP) is 1.37. The van der Waals surface area contributed by atoms with Crippen LogP contribution in [-0.2, 0) is 7.05 Å². The van der Waals surface area contributed by atoms with Gasteiger partial charge in [-0.3, -0.25) is 0 Å². The Labute approximate surface area is 121 Å². The number of hydrogen-bond donors (Lipinski definition) is 1. The normalized spacial score (nSPS) is 10.6. The molecule has 8 nitrogen and oxygen atoms in total. The van der Waals surface area contributed by atoms with Crippen molar-refractivity contribution in [3.63, 3.8) is 0 Å². The van der Waals surface area contributed by atoms with Crippen LogP contribution in [0.25, 0.3) is 0 Å². The Morgan fingerprint density at radius 2 is 2.15 bits per heavy atom. The van der Waals surface area contributed by atoms with Gasteiger partial charge in [0.2, 0.25) is 11.1 Å². The highest BCUT2D eigenvalue weighted by molar-refractivity contribution is 7.99. The average Bonchev–Trinajstić information content (AvgIpc) is 2.82. The molecule has 2 aromatic rings. The van der Waals surface area contributed by atoms with E-state index < -0.39 is 0 Å². The van der Waals surface area contributed by atoms with Crippen molar-refractivity contribution in [3.8, 4) is 6.01 Å². The van der Waals surface area contributed by atoms with Gasteiger partial charge in [-0.25, -0.2) is 0 Å². The first-order valence-corrected chi connectivity index (χ1v) is 7.19. The molecular formula is C11H17N7OS. The van der Waals surface area contributed by atoms with Crippen LogP contribution in [0.1, 0.15) is 20.3 Å². The smallest absolute Gasteiger partial charge is 0.322 e. The molecule has 1 N–H and O–H groups in total. The van der Waals surface area contributed by atoms with Gasteiger partial charge in [0.05, 0.1) is 6.61 Å². The number of nitrogens with one attached hydrogen (secondary N) is 1. The summed E-state index contributed by atoms with van der Waals surface area (Å²) >= 11 is 1.32. The quantitative estimate of drug-likeness (QED) is 0.819. The molecule has 0 saturated heterocycles. The molecule has 2 heterocycles. The van der Waals surface area contributed by atoms with E-state index in [1.807, 2.05) is 14.0 Å². The molecule has 2 aromatic heterocycles. The lowest BCUT2D eigenvalue weighted by atomic mass is 10.5. The number of ether oxygens (including phenoxy) is 1. The number of aromatic nitrogens is 6. The maximum absolute atomic E-state index is 5.36. The number of aryl methyl sites for hydroxylation is 1. The summed E-state index contributed by atoms with van der Waals surface area (Å²) in [6.07, 6.45) is 2.62. The summed E-state index contributed by atoms with van der Waals surface area (Å²) in [6.45, 7) is 5.26. The molecule has 0 aliphatic carbocycles. The van der Waals surface area contributed by atoms with Crippen LogP contribution >= 0.6 is 11.8 Å². The molecule has 0 bridgehead atoms. The van der Waals surface area contributed by atoms with E-state index in [1.54, 1.807) is 10.9 Å². The van der Waals surface area contributed by atoms with E-state index >= 15 is 0 Å². The van der Waals surface area contributed by atoms with Gasteiger partial charge < -0.3 is 14.6 Å². The Kier molecular flexibility index (Phi) is 5.10. The van der Waals surface area contributed by atoms with Crippen molar-refractivity contribution in [3.05, 3.63) is 6.33 Å². The lowest BCUT2D eigenvalue weighted by Gasteiger charge is -2.07. The summed E-state index contributed by atoms with van der Waals surface area (Å²) in [5.74, 6) is 0.509. The van der Waals surface area contributed by atoms with E-state index in [9.17, 15) is 0 Å². The van der Waals surface area contributed by atoms with Crippen LogP contribution in [0.4, 0.5) is 5.95 Å². The van der Waals surface area contributed by atoms with Gasteiger partial charge in [-0.2, -0.15) is 15.0 Å². The standard InChI is InChI=1S/C11H17N7OS/c1-4-6-12-8-14-9(19-5-2)16-10(15-8)20-11-17-13-7-18(11)3/h7H,4-6H2,1-3H3,(H,12,14,15,16). The van der Waals surface area contributed by atoms with Gasteiger partial charge in [0.25, 0.3) is 0 Å². The van der Waals surface area contributed by atoms with E-state index in [0.29, 0.717) is 28.9 Å². The number of nitrogens with zero attached hydrogens (tertiary/aromatic N) is 6. The first-order chi connectivity index (χ1) is 9.72. The number of hydrogen-bond acceptors (Lipinski definition) is 8. The van der Waals surface area contributed by atoms with E-state index in [0.717, 1.165) is 13.0 Å². The van der Waals surface area contributed by atoms with Crippen molar-refractivity contribution >= 4 is 17.7 Å². The lowest BCUT2D eigenvalue weighted by molar-refractivity contribution is 0.308. The maximum atomic E-state index is 5.36. The van der Waals surface area contributed by atoms with Gasteiger partial charge in [0.15, 0.2) is 5.16 Å². The van der Waals surface area contributed by atoms with Crippen molar-refractivity contribution in [2.75, 3.05) is 18.5 Å². The fourth-order valence-corrected chi connectivity index (χ4v) is 2.04. The summed E-state index contributed by atoms with van der Waals surface area (Å²) in [5, 5.41) is 12.2. The van der Waals surface area contributed by atoms with E-state index in [4.69, 9.17) is 4.74 Å². The van der Waals surface area contributed by atoms with Crippen molar-refractivity contribution in [1.29, 1.82) is 0 Å². The van der Waals surface area contributed by atoms with Crippen LogP contribution in [0.15, 0.2) is 16.6 Å². The molecule has 9 heteroatoms. The minimum Gasteiger partial charge on any atom is -0.464 e. The first-order valence-electron chi connectivity index (χ1n) is 6.37. The van der Waals surface area contributed by atoms with Crippen LogP contribution in [-0.4, -0.2) is 42.9 Å². The predicted molar refractivity (Wildman–Crippen MR) is 74.9 cm³/mol. The Balaban J connectivity index is 2.21. The molecule has 0 radical (unpaired) electrons. The first kappa shape index (κ1) is 14.5. The molecule has 0 aromatic carbocycles. The van der Waals surface area contributed by atoms with Crippen molar-refractivity contribution in [1.82, 2.24) is 29.7 Å². The van der Waals surface area contributed by atoms with E-state index in [2.05, 4.69) is 37.4 Å². The van der Waals surface area contributed by atoms with Crippen LogP contribution < -0.4 is 10.1 Å². The number of anilines is 1. The molecule has 20 heavy (non-hydrogen) atoms. The van der Waals surface area contributed by atoms with E-state index in [-0.39, 0.29) is 0 Å². The van der Waals surface area contributed by atoms with Crippen molar-refractivity contribution in [2.24, 2.45) is 7.05 Å². The molecule has 0 fully saturated rings. The summed E-state index contributed by atoms with van der Waals surface area (Å²) < 4.78 is 7.16. The third kappa shape index (κ3) is 3.80. The van der Waals surface area contributed by atoms with Crippen LogP contribution in [0, 0.1) is 0 Å². The van der Waals surface area contributed by atoms with Gasteiger partial charge in [0, 0.05) is 13.6 Å². The molecular weight excluding hydrogens is 278 g/mol. The zero-order valence-corrected chi connectivity index (χ0v) is 12.5. The van der Waals surface area contributed by atoms with Gasteiger partial charge in [-0.05, 0) is 25.1 Å². The molecule has 0 atom stereocenters. The summed E-state index contributed by atoms with van der Waals surface area (Å²) in [7, 11) is 1.86. The topological polar surface area (TPSA) is 90.6 Å². The average molecular weight is 295 g/mol. The summed E-state index contributed by atoms with van der Waals surface area (Å²) in [4.78, 5) is 12.8.